The maximum absolute atomic E-state index is 11.1. The highest BCUT2D eigenvalue weighted by molar-refractivity contribution is 7.71. The van der Waals surface area contributed by atoms with Crippen LogP contribution >= 0.6 is 12.2 Å². The van der Waals surface area contributed by atoms with Crippen LogP contribution in [0.3, 0.4) is 0 Å². The van der Waals surface area contributed by atoms with Crippen molar-refractivity contribution in [2.45, 2.75) is 31.1 Å². The molecule has 2 saturated carbocycles. The summed E-state index contributed by atoms with van der Waals surface area (Å²) in [6, 6.07) is 6.95. The van der Waals surface area contributed by atoms with Crippen molar-refractivity contribution in [1.29, 1.82) is 0 Å². The molecule has 2 fully saturated rings. The predicted molar refractivity (Wildman–Crippen MR) is 83.2 cm³/mol. The number of aromatic amines is 1. The van der Waals surface area contributed by atoms with E-state index in [9.17, 15) is 10.1 Å². The molecule has 114 valence electrons. The highest BCUT2D eigenvalue weighted by Crippen LogP contribution is 2.70. The van der Waals surface area contributed by atoms with Gasteiger partial charge in [-0.05, 0) is 48.9 Å². The molecule has 4 rings (SSSR count). The fourth-order valence-corrected chi connectivity index (χ4v) is 4.07. The topological polar surface area (TPSA) is 76.8 Å². The van der Waals surface area contributed by atoms with Crippen LogP contribution in [0.5, 0.6) is 0 Å². The van der Waals surface area contributed by atoms with Crippen LogP contribution in [0.25, 0.3) is 0 Å². The first kappa shape index (κ1) is 13.6. The van der Waals surface area contributed by atoms with Gasteiger partial charge in [0.05, 0.1) is 10.3 Å². The number of non-ortho nitro benzene ring substituents is 1. The molecular formula is C15H16N4O2S. The lowest BCUT2D eigenvalue weighted by atomic mass is 9.56. The maximum Gasteiger partial charge on any atom is 0.269 e. The van der Waals surface area contributed by atoms with Crippen LogP contribution in [0.1, 0.15) is 37.1 Å². The number of aromatic nitrogens is 3. The van der Waals surface area contributed by atoms with Gasteiger partial charge in [-0.15, -0.1) is 0 Å². The fraction of sp³-hybridized carbons (Fsp3) is 0.467. The number of nitro benzene ring substituents is 1. The number of rotatable bonds is 3. The number of benzene rings is 1. The molecule has 1 spiro atoms. The van der Waals surface area contributed by atoms with Gasteiger partial charge in [0.15, 0.2) is 4.77 Å². The lowest BCUT2D eigenvalue weighted by molar-refractivity contribution is -0.385. The largest absolute Gasteiger partial charge is 0.307 e. The van der Waals surface area contributed by atoms with Crippen LogP contribution in [0, 0.1) is 20.3 Å². The molecule has 0 saturated heterocycles. The average Bonchev–Trinajstić information content (AvgIpc) is 3.19. The molecule has 1 heterocycles. The molecule has 7 heteroatoms. The standard InChI is InChI=1S/C15H16N4O2S/c1-18-12(16-17-13(18)22)15(8-14(9-15)5-6-14)10-3-2-4-11(7-10)19(20)21/h2-4,7H,5-6,8-9H2,1H3,(H,17,22). The van der Waals surface area contributed by atoms with E-state index in [4.69, 9.17) is 12.2 Å². The first-order valence-electron chi connectivity index (χ1n) is 7.33. The van der Waals surface area contributed by atoms with E-state index in [2.05, 4.69) is 10.2 Å². The summed E-state index contributed by atoms with van der Waals surface area (Å²) in [6.45, 7) is 0. The summed E-state index contributed by atoms with van der Waals surface area (Å²) < 4.78 is 2.47. The van der Waals surface area contributed by atoms with E-state index >= 15 is 0 Å². The second-order valence-electron chi connectivity index (χ2n) is 6.65. The zero-order chi connectivity index (χ0) is 15.5. The van der Waals surface area contributed by atoms with E-state index in [-0.39, 0.29) is 16.0 Å². The molecule has 6 nitrogen and oxygen atoms in total. The van der Waals surface area contributed by atoms with Gasteiger partial charge in [0.2, 0.25) is 0 Å². The van der Waals surface area contributed by atoms with Crippen molar-refractivity contribution in [3.8, 4) is 0 Å². The normalized spacial score (nSPS) is 20.6. The molecule has 0 atom stereocenters. The lowest BCUT2D eigenvalue weighted by Crippen LogP contribution is -2.45. The Hall–Kier alpha value is -2.02. The summed E-state index contributed by atoms with van der Waals surface area (Å²) >= 11 is 5.24. The molecule has 2 aliphatic carbocycles. The molecule has 2 aliphatic rings. The molecule has 1 aromatic heterocycles. The van der Waals surface area contributed by atoms with Gasteiger partial charge < -0.3 is 4.57 Å². The number of hydrogen-bond acceptors (Lipinski definition) is 4. The van der Waals surface area contributed by atoms with Gasteiger partial charge in [-0.25, -0.2) is 0 Å². The molecule has 2 aromatic rings. The Balaban J connectivity index is 1.86. The smallest absolute Gasteiger partial charge is 0.269 e. The maximum atomic E-state index is 11.1. The molecule has 0 amide bonds. The van der Waals surface area contributed by atoms with Gasteiger partial charge in [-0.2, -0.15) is 5.10 Å². The third-order valence-electron chi connectivity index (χ3n) is 5.23. The quantitative estimate of drug-likeness (QED) is 0.536. The van der Waals surface area contributed by atoms with Gasteiger partial charge >= 0.3 is 0 Å². The number of nitrogens with zero attached hydrogens (tertiary/aromatic N) is 3. The summed E-state index contributed by atoms with van der Waals surface area (Å²) in [5.41, 5.74) is 1.27. The van der Waals surface area contributed by atoms with Gasteiger partial charge in [0.1, 0.15) is 5.82 Å². The van der Waals surface area contributed by atoms with Crippen LogP contribution in [-0.4, -0.2) is 19.7 Å². The molecular weight excluding hydrogens is 300 g/mol. The van der Waals surface area contributed by atoms with Crippen molar-refractivity contribution in [2.24, 2.45) is 12.5 Å². The summed E-state index contributed by atoms with van der Waals surface area (Å²) in [4.78, 5) is 10.8. The van der Waals surface area contributed by atoms with Gasteiger partial charge in [0.25, 0.3) is 5.69 Å². The van der Waals surface area contributed by atoms with Crippen molar-refractivity contribution < 1.29 is 4.92 Å². The van der Waals surface area contributed by atoms with E-state index < -0.39 is 0 Å². The van der Waals surface area contributed by atoms with Crippen LogP contribution in [0.4, 0.5) is 5.69 Å². The summed E-state index contributed by atoms with van der Waals surface area (Å²) in [7, 11) is 1.90. The van der Waals surface area contributed by atoms with Crippen LogP contribution in [0.2, 0.25) is 0 Å². The Labute approximate surface area is 132 Å². The van der Waals surface area contributed by atoms with Crippen LogP contribution < -0.4 is 0 Å². The number of nitrogens with one attached hydrogen (secondary N) is 1. The number of hydrogen-bond donors (Lipinski definition) is 1. The summed E-state index contributed by atoms with van der Waals surface area (Å²) in [5.74, 6) is 0.885. The third kappa shape index (κ3) is 1.78. The first-order chi connectivity index (χ1) is 10.5. The zero-order valence-electron chi connectivity index (χ0n) is 12.2. The molecule has 1 aromatic carbocycles. The molecule has 0 aliphatic heterocycles. The van der Waals surface area contributed by atoms with E-state index in [1.807, 2.05) is 17.7 Å². The van der Waals surface area contributed by atoms with Crippen molar-refractivity contribution in [3.63, 3.8) is 0 Å². The van der Waals surface area contributed by atoms with Crippen molar-refractivity contribution >= 4 is 17.9 Å². The third-order valence-corrected chi connectivity index (χ3v) is 5.59. The van der Waals surface area contributed by atoms with Crippen LogP contribution in [-0.2, 0) is 12.5 Å². The Morgan fingerprint density at radius 2 is 2.14 bits per heavy atom. The summed E-state index contributed by atoms with van der Waals surface area (Å²) in [5, 5.41) is 18.4. The number of nitro groups is 1. The molecule has 22 heavy (non-hydrogen) atoms. The minimum absolute atomic E-state index is 0.130. The molecule has 0 bridgehead atoms. The minimum Gasteiger partial charge on any atom is -0.307 e. The highest BCUT2D eigenvalue weighted by atomic mass is 32.1. The predicted octanol–water partition coefficient (Wildman–Crippen LogP) is 3.25. The minimum atomic E-state index is -0.341. The Bertz CT molecular complexity index is 826. The van der Waals surface area contributed by atoms with E-state index in [0.29, 0.717) is 10.2 Å². The highest BCUT2D eigenvalue weighted by Gasteiger charge is 2.63. The molecule has 0 unspecified atom stereocenters. The van der Waals surface area contributed by atoms with Gasteiger partial charge in [-0.3, -0.25) is 15.2 Å². The second-order valence-corrected chi connectivity index (χ2v) is 7.04. The fourth-order valence-electron chi connectivity index (χ4n) is 3.94. The van der Waals surface area contributed by atoms with E-state index in [0.717, 1.165) is 24.2 Å². The van der Waals surface area contributed by atoms with Crippen molar-refractivity contribution in [1.82, 2.24) is 14.8 Å². The van der Waals surface area contributed by atoms with Crippen molar-refractivity contribution in [2.75, 3.05) is 0 Å². The Morgan fingerprint density at radius 3 is 2.68 bits per heavy atom. The van der Waals surface area contributed by atoms with Crippen molar-refractivity contribution in [3.05, 3.63) is 50.5 Å². The SMILES string of the molecule is Cn1c(C2(c3cccc([N+](=O)[O-])c3)CC3(CC3)C2)n[nH]c1=S. The van der Waals surface area contributed by atoms with Gasteiger partial charge in [0, 0.05) is 19.2 Å². The number of H-pyrrole nitrogens is 1. The van der Waals surface area contributed by atoms with Crippen LogP contribution in [0.15, 0.2) is 24.3 Å². The molecule has 1 N–H and O–H groups in total. The van der Waals surface area contributed by atoms with Gasteiger partial charge in [-0.1, -0.05) is 12.1 Å². The monoisotopic (exact) mass is 316 g/mol. The average molecular weight is 316 g/mol. The second kappa shape index (κ2) is 4.25. The van der Waals surface area contributed by atoms with E-state index in [1.165, 1.54) is 18.9 Å². The van der Waals surface area contributed by atoms with E-state index in [1.54, 1.807) is 12.1 Å². The Morgan fingerprint density at radius 1 is 1.41 bits per heavy atom. The summed E-state index contributed by atoms with van der Waals surface area (Å²) in [6.07, 6.45) is 4.49. The lowest BCUT2D eigenvalue weighted by Gasteiger charge is -2.48. The Kier molecular flexibility index (Phi) is 2.64. The first-order valence-corrected chi connectivity index (χ1v) is 7.74. The molecule has 0 radical (unpaired) electrons. The zero-order valence-corrected chi connectivity index (χ0v) is 13.0.